The molecule has 0 saturated heterocycles. The lowest BCUT2D eigenvalue weighted by molar-refractivity contribution is 0.0954. The van der Waals surface area contributed by atoms with Crippen molar-refractivity contribution in [2.75, 3.05) is 7.11 Å². The Morgan fingerprint density at radius 3 is 2.65 bits per heavy atom. The molecule has 1 N–H and O–H groups in total. The summed E-state index contributed by atoms with van der Waals surface area (Å²) in [5, 5.41) is 12.3. The second-order valence-electron chi connectivity index (χ2n) is 6.31. The van der Waals surface area contributed by atoms with Crippen LogP contribution in [0.15, 0.2) is 24.3 Å². The number of hydrogen-bond donors (Lipinski definition) is 1. The molecule has 26 heavy (non-hydrogen) atoms. The van der Waals surface area contributed by atoms with Gasteiger partial charge >= 0.3 is 0 Å². The van der Waals surface area contributed by atoms with Crippen molar-refractivity contribution in [1.29, 1.82) is 0 Å². The molecule has 2 heterocycles. The van der Waals surface area contributed by atoms with E-state index < -0.39 is 0 Å². The number of amides is 1. The molecule has 2 aromatic heterocycles. The summed E-state index contributed by atoms with van der Waals surface area (Å²) >= 11 is 1.36. The van der Waals surface area contributed by atoms with E-state index in [9.17, 15) is 4.79 Å². The normalized spacial score (nSPS) is 13.7. The van der Waals surface area contributed by atoms with Gasteiger partial charge in [0.25, 0.3) is 5.91 Å². The van der Waals surface area contributed by atoms with Gasteiger partial charge in [-0.25, -0.2) is 9.67 Å². The Bertz CT molecular complexity index is 957. The van der Waals surface area contributed by atoms with Crippen LogP contribution in [0.1, 0.15) is 33.9 Å². The highest BCUT2D eigenvalue weighted by Crippen LogP contribution is 2.30. The van der Waals surface area contributed by atoms with E-state index in [1.807, 2.05) is 38.1 Å². The standard InChI is InChI=1S/C18H19N5O2S/c1-10-16(17(24)20-12-4-5-12)26-18(19-10)15-11(2)23(22-21-15)13-6-8-14(25-3)9-7-13/h6-9,12H,4-5H2,1-3H3,(H,20,24). The first-order valence-electron chi connectivity index (χ1n) is 8.42. The summed E-state index contributed by atoms with van der Waals surface area (Å²) in [4.78, 5) is 17.5. The molecule has 0 radical (unpaired) electrons. The number of nitrogens with zero attached hydrogens (tertiary/aromatic N) is 4. The minimum absolute atomic E-state index is 0.0473. The van der Waals surface area contributed by atoms with Gasteiger partial charge in [-0.1, -0.05) is 5.21 Å². The molecule has 1 saturated carbocycles. The van der Waals surface area contributed by atoms with Gasteiger partial charge < -0.3 is 10.1 Å². The van der Waals surface area contributed by atoms with E-state index in [0.29, 0.717) is 21.6 Å². The number of hydrogen-bond acceptors (Lipinski definition) is 6. The summed E-state index contributed by atoms with van der Waals surface area (Å²) in [6, 6.07) is 7.93. The van der Waals surface area contributed by atoms with Gasteiger partial charge in [0.15, 0.2) is 0 Å². The van der Waals surface area contributed by atoms with Crippen molar-refractivity contribution in [3.8, 4) is 22.1 Å². The molecular formula is C18H19N5O2S. The lowest BCUT2D eigenvalue weighted by Crippen LogP contribution is -2.25. The first-order chi connectivity index (χ1) is 12.6. The number of aryl methyl sites for hydroxylation is 1. The molecule has 1 aliphatic rings. The average Bonchev–Trinajstić information content (AvgIpc) is 3.25. The van der Waals surface area contributed by atoms with Gasteiger partial charge in [-0.15, -0.1) is 16.4 Å². The summed E-state index contributed by atoms with van der Waals surface area (Å²) in [6.45, 7) is 3.80. The molecule has 3 aromatic rings. The molecule has 4 rings (SSSR count). The largest absolute Gasteiger partial charge is 0.497 e. The van der Waals surface area contributed by atoms with E-state index in [1.54, 1.807) is 11.8 Å². The number of carbonyl (C=O) groups excluding carboxylic acids is 1. The average molecular weight is 369 g/mol. The summed E-state index contributed by atoms with van der Waals surface area (Å²) in [5.41, 5.74) is 3.18. The zero-order valence-electron chi connectivity index (χ0n) is 14.8. The van der Waals surface area contributed by atoms with E-state index >= 15 is 0 Å². The van der Waals surface area contributed by atoms with E-state index in [4.69, 9.17) is 4.74 Å². The van der Waals surface area contributed by atoms with E-state index in [-0.39, 0.29) is 5.91 Å². The lowest BCUT2D eigenvalue weighted by atomic mass is 10.3. The molecule has 0 atom stereocenters. The van der Waals surface area contributed by atoms with Gasteiger partial charge in [0, 0.05) is 6.04 Å². The Morgan fingerprint density at radius 2 is 2.00 bits per heavy atom. The highest BCUT2D eigenvalue weighted by atomic mass is 32.1. The molecular weight excluding hydrogens is 350 g/mol. The predicted molar refractivity (Wildman–Crippen MR) is 99.0 cm³/mol. The number of thiazole rings is 1. The molecule has 8 heteroatoms. The third-order valence-electron chi connectivity index (χ3n) is 4.33. The monoisotopic (exact) mass is 369 g/mol. The molecule has 1 aromatic carbocycles. The minimum Gasteiger partial charge on any atom is -0.497 e. The predicted octanol–water partition coefficient (Wildman–Crippen LogP) is 2.91. The fraction of sp³-hybridized carbons (Fsp3) is 0.333. The topological polar surface area (TPSA) is 81.9 Å². The van der Waals surface area contributed by atoms with Crippen LogP contribution in [-0.4, -0.2) is 39.0 Å². The van der Waals surface area contributed by atoms with Crippen molar-refractivity contribution in [2.24, 2.45) is 0 Å². The lowest BCUT2D eigenvalue weighted by Gasteiger charge is -2.04. The van der Waals surface area contributed by atoms with E-state index in [2.05, 4.69) is 20.6 Å². The van der Waals surface area contributed by atoms with Crippen LogP contribution in [0.25, 0.3) is 16.4 Å². The second-order valence-corrected chi connectivity index (χ2v) is 7.31. The number of ether oxygens (including phenoxy) is 1. The molecule has 1 fully saturated rings. The van der Waals surface area contributed by atoms with Crippen LogP contribution in [-0.2, 0) is 0 Å². The van der Waals surface area contributed by atoms with Gasteiger partial charge in [0.1, 0.15) is 21.3 Å². The maximum absolute atomic E-state index is 12.3. The Kier molecular flexibility index (Phi) is 4.20. The molecule has 7 nitrogen and oxygen atoms in total. The zero-order valence-corrected chi connectivity index (χ0v) is 15.6. The number of carbonyl (C=O) groups is 1. The quantitative estimate of drug-likeness (QED) is 0.748. The van der Waals surface area contributed by atoms with Gasteiger partial charge in [0.2, 0.25) is 0 Å². The number of rotatable bonds is 5. The molecule has 0 spiro atoms. The van der Waals surface area contributed by atoms with Crippen molar-refractivity contribution in [2.45, 2.75) is 32.7 Å². The Labute approximate surface area is 155 Å². The molecule has 0 aliphatic heterocycles. The number of methoxy groups -OCH3 is 1. The van der Waals surface area contributed by atoms with Gasteiger partial charge in [0.05, 0.1) is 24.2 Å². The smallest absolute Gasteiger partial charge is 0.263 e. The number of aromatic nitrogens is 4. The van der Waals surface area contributed by atoms with E-state index in [0.717, 1.165) is 35.7 Å². The SMILES string of the molecule is COc1ccc(-n2nnc(-c3nc(C)c(C(=O)NC4CC4)s3)c2C)cc1. The number of benzene rings is 1. The zero-order chi connectivity index (χ0) is 18.3. The first-order valence-corrected chi connectivity index (χ1v) is 9.24. The third kappa shape index (κ3) is 3.08. The Hall–Kier alpha value is -2.74. The second kappa shape index (κ2) is 6.53. The molecule has 0 bridgehead atoms. The van der Waals surface area contributed by atoms with Crippen LogP contribution in [0.2, 0.25) is 0 Å². The highest BCUT2D eigenvalue weighted by molar-refractivity contribution is 7.17. The van der Waals surface area contributed by atoms with Gasteiger partial charge in [-0.3, -0.25) is 4.79 Å². The van der Waals surface area contributed by atoms with Crippen LogP contribution in [0.4, 0.5) is 0 Å². The van der Waals surface area contributed by atoms with Gasteiger partial charge in [-0.2, -0.15) is 0 Å². The molecule has 1 aliphatic carbocycles. The molecule has 1 amide bonds. The maximum Gasteiger partial charge on any atom is 0.263 e. The minimum atomic E-state index is -0.0473. The summed E-state index contributed by atoms with van der Waals surface area (Å²) in [5.74, 6) is 0.738. The summed E-state index contributed by atoms with van der Waals surface area (Å²) in [7, 11) is 1.63. The van der Waals surface area contributed by atoms with Crippen molar-refractivity contribution in [3.63, 3.8) is 0 Å². The third-order valence-corrected chi connectivity index (χ3v) is 5.49. The van der Waals surface area contributed by atoms with Crippen molar-refractivity contribution < 1.29 is 9.53 Å². The number of nitrogens with one attached hydrogen (secondary N) is 1. The molecule has 134 valence electrons. The van der Waals surface area contributed by atoms with Crippen LogP contribution in [0.5, 0.6) is 5.75 Å². The van der Waals surface area contributed by atoms with Crippen molar-refractivity contribution in [3.05, 3.63) is 40.5 Å². The summed E-state index contributed by atoms with van der Waals surface area (Å²) < 4.78 is 6.95. The van der Waals surface area contributed by atoms with Crippen LogP contribution < -0.4 is 10.1 Å². The van der Waals surface area contributed by atoms with Crippen LogP contribution >= 0.6 is 11.3 Å². The first kappa shape index (κ1) is 16.7. The highest BCUT2D eigenvalue weighted by Gasteiger charge is 2.27. The van der Waals surface area contributed by atoms with Crippen molar-refractivity contribution >= 4 is 17.2 Å². The fourth-order valence-electron chi connectivity index (χ4n) is 2.68. The fourth-order valence-corrected chi connectivity index (χ4v) is 3.69. The maximum atomic E-state index is 12.3. The van der Waals surface area contributed by atoms with Crippen LogP contribution in [0, 0.1) is 13.8 Å². The van der Waals surface area contributed by atoms with E-state index in [1.165, 1.54) is 11.3 Å². The Morgan fingerprint density at radius 1 is 1.27 bits per heavy atom. The summed E-state index contributed by atoms with van der Waals surface area (Å²) in [6.07, 6.45) is 2.12. The Balaban J connectivity index is 1.64. The molecule has 0 unspecified atom stereocenters. The van der Waals surface area contributed by atoms with Gasteiger partial charge in [-0.05, 0) is 51.0 Å². The van der Waals surface area contributed by atoms with Crippen molar-refractivity contribution in [1.82, 2.24) is 25.3 Å². The van der Waals surface area contributed by atoms with Crippen LogP contribution in [0.3, 0.4) is 0 Å².